The van der Waals surface area contributed by atoms with Gasteiger partial charge in [-0.05, 0) is 73.7 Å². The first kappa shape index (κ1) is 25.3. The molecule has 3 rings (SSSR count). The Morgan fingerprint density at radius 2 is 1.82 bits per heavy atom. The van der Waals surface area contributed by atoms with Crippen LogP contribution in [0, 0.1) is 6.92 Å². The quantitative estimate of drug-likeness (QED) is 0.335. The number of alkyl halides is 3. The highest BCUT2D eigenvalue weighted by atomic mass is 19.4. The van der Waals surface area contributed by atoms with Gasteiger partial charge in [0.15, 0.2) is 0 Å². The lowest BCUT2D eigenvalue weighted by molar-refractivity contribution is -0.138. The molecule has 0 amide bonds. The van der Waals surface area contributed by atoms with Crippen LogP contribution < -0.4 is 4.74 Å². The van der Waals surface area contributed by atoms with Crippen molar-refractivity contribution in [1.29, 1.82) is 0 Å². The van der Waals surface area contributed by atoms with E-state index in [4.69, 9.17) is 14.8 Å². The molecule has 1 aromatic heterocycles. The average molecular weight is 472 g/mol. The summed E-state index contributed by atoms with van der Waals surface area (Å²) in [5.74, 6) is -0.169. The third kappa shape index (κ3) is 6.83. The molecule has 1 heterocycles. The number of nitrogens with zero attached hydrogens (tertiary/aromatic N) is 1. The predicted molar refractivity (Wildman–Crippen MR) is 125 cm³/mol. The van der Waals surface area contributed by atoms with E-state index in [0.717, 1.165) is 42.5 Å². The van der Waals surface area contributed by atoms with E-state index in [1.54, 1.807) is 6.07 Å². The van der Waals surface area contributed by atoms with Crippen molar-refractivity contribution in [3.63, 3.8) is 0 Å². The minimum Gasteiger partial charge on any atom is -0.484 e. The zero-order valence-electron chi connectivity index (χ0n) is 19.2. The van der Waals surface area contributed by atoms with Crippen molar-refractivity contribution >= 4 is 5.97 Å². The summed E-state index contributed by atoms with van der Waals surface area (Å²) in [5, 5.41) is 8.92. The maximum atomic E-state index is 12.9. The molecule has 0 fully saturated rings. The highest BCUT2D eigenvalue weighted by molar-refractivity contribution is 5.67. The van der Waals surface area contributed by atoms with Gasteiger partial charge in [0.2, 0.25) is 0 Å². The van der Waals surface area contributed by atoms with Gasteiger partial charge < -0.3 is 9.84 Å². The summed E-state index contributed by atoms with van der Waals surface area (Å²) in [6, 6.07) is 16.1. The van der Waals surface area contributed by atoms with Crippen LogP contribution in [-0.4, -0.2) is 16.1 Å². The lowest BCUT2D eigenvalue weighted by Crippen LogP contribution is -2.10. The number of carboxylic acids is 1. The number of carbonyl (C=O) groups is 1. The van der Waals surface area contributed by atoms with Crippen LogP contribution in [0.3, 0.4) is 0 Å². The summed E-state index contributed by atoms with van der Waals surface area (Å²) in [6.45, 7) is 4.01. The van der Waals surface area contributed by atoms with Gasteiger partial charge in [-0.15, -0.1) is 0 Å². The second-order valence-electron chi connectivity index (χ2n) is 8.25. The molecule has 0 spiro atoms. The van der Waals surface area contributed by atoms with Crippen LogP contribution in [0.15, 0.2) is 60.7 Å². The molecule has 0 bridgehead atoms. The van der Waals surface area contributed by atoms with E-state index in [1.807, 2.05) is 37.3 Å². The number of carboxylic acid groups (broad SMARTS) is 1. The topological polar surface area (TPSA) is 59.4 Å². The van der Waals surface area contributed by atoms with Gasteiger partial charge in [0.05, 0.1) is 17.0 Å². The molecule has 180 valence electrons. The summed E-state index contributed by atoms with van der Waals surface area (Å²) in [7, 11) is 0. The fraction of sp³-hybridized carbons (Fsp3) is 0.333. The number of unbranched alkanes of at least 4 members (excludes halogenated alkanes) is 1. The number of aryl methyl sites for hydroxylation is 2. The Balaban J connectivity index is 1.83. The molecule has 0 saturated carbocycles. The molecule has 3 aromatic rings. The first-order chi connectivity index (χ1) is 16.2. The van der Waals surface area contributed by atoms with Crippen LogP contribution >= 0.6 is 0 Å². The highest BCUT2D eigenvalue weighted by Gasteiger charge is 2.30. The predicted octanol–water partition coefficient (Wildman–Crippen LogP) is 7.40. The fourth-order valence-corrected chi connectivity index (χ4v) is 3.71. The second-order valence-corrected chi connectivity index (χ2v) is 8.25. The third-order valence-corrected chi connectivity index (χ3v) is 5.63. The van der Waals surface area contributed by atoms with Gasteiger partial charge in [0.1, 0.15) is 11.9 Å². The third-order valence-electron chi connectivity index (χ3n) is 5.63. The van der Waals surface area contributed by atoms with E-state index in [-0.39, 0.29) is 12.5 Å². The number of rotatable bonds is 10. The largest absolute Gasteiger partial charge is 0.484 e. The average Bonchev–Trinajstić information content (AvgIpc) is 2.80. The first-order valence-corrected chi connectivity index (χ1v) is 11.3. The Labute approximate surface area is 197 Å². The monoisotopic (exact) mass is 471 g/mol. The smallest absolute Gasteiger partial charge is 0.416 e. The second kappa shape index (κ2) is 11.2. The van der Waals surface area contributed by atoms with Crippen LogP contribution in [0.4, 0.5) is 13.2 Å². The number of hydrogen-bond acceptors (Lipinski definition) is 3. The van der Waals surface area contributed by atoms with Crippen molar-refractivity contribution in [2.24, 2.45) is 0 Å². The zero-order valence-corrected chi connectivity index (χ0v) is 19.2. The molecule has 1 atom stereocenters. The number of halogens is 3. The van der Waals surface area contributed by atoms with E-state index in [0.29, 0.717) is 29.1 Å². The molecule has 34 heavy (non-hydrogen) atoms. The lowest BCUT2D eigenvalue weighted by Gasteiger charge is -2.20. The molecular weight excluding hydrogens is 443 g/mol. The van der Waals surface area contributed by atoms with Gasteiger partial charge in [-0.2, -0.15) is 13.2 Å². The minimum atomic E-state index is -4.38. The van der Waals surface area contributed by atoms with Crippen molar-refractivity contribution in [2.45, 2.75) is 58.2 Å². The van der Waals surface area contributed by atoms with Crippen LogP contribution in [0.25, 0.3) is 11.3 Å². The van der Waals surface area contributed by atoms with Crippen molar-refractivity contribution in [3.05, 3.63) is 83.0 Å². The van der Waals surface area contributed by atoms with E-state index < -0.39 is 17.7 Å². The highest BCUT2D eigenvalue weighted by Crippen LogP contribution is 2.32. The minimum absolute atomic E-state index is 0.0703. The molecule has 0 radical (unpaired) electrons. The fourth-order valence-electron chi connectivity index (χ4n) is 3.71. The lowest BCUT2D eigenvalue weighted by atomic mass is 10.0. The summed E-state index contributed by atoms with van der Waals surface area (Å²) in [4.78, 5) is 15.6. The van der Waals surface area contributed by atoms with E-state index in [2.05, 4.69) is 6.92 Å². The maximum absolute atomic E-state index is 12.9. The summed E-state index contributed by atoms with van der Waals surface area (Å²) < 4.78 is 45.0. The zero-order chi connectivity index (χ0) is 24.7. The van der Waals surface area contributed by atoms with E-state index in [9.17, 15) is 18.0 Å². The molecule has 1 N–H and O–H groups in total. The molecule has 0 aliphatic rings. The Hall–Kier alpha value is -3.35. The van der Waals surface area contributed by atoms with Gasteiger partial charge in [0.25, 0.3) is 0 Å². The van der Waals surface area contributed by atoms with Gasteiger partial charge in [-0.1, -0.05) is 37.6 Å². The molecule has 0 unspecified atom stereocenters. The normalized spacial score (nSPS) is 12.4. The standard InChI is InChI=1S/C27H28F3NO3/c1-3-4-8-25(34-22-15-11-19(18(2)17-22)12-16-26(32)33)24-7-5-6-23(31-24)20-9-13-21(14-10-20)27(28,29)30/h5-7,9-11,13-15,17,25H,3-4,8,12,16H2,1-2H3,(H,32,33)/t25-/m1/s1. The van der Waals surface area contributed by atoms with Gasteiger partial charge in [0, 0.05) is 12.0 Å². The van der Waals surface area contributed by atoms with E-state index >= 15 is 0 Å². The summed E-state index contributed by atoms with van der Waals surface area (Å²) in [5.41, 5.74) is 3.11. The molecule has 7 heteroatoms. The van der Waals surface area contributed by atoms with Crippen LogP contribution in [-0.2, 0) is 17.4 Å². The molecule has 2 aromatic carbocycles. The maximum Gasteiger partial charge on any atom is 0.416 e. The SMILES string of the molecule is CCCC[C@@H](Oc1ccc(CCC(=O)O)c(C)c1)c1cccc(-c2ccc(C(F)(F)F)cc2)n1. The molecule has 0 saturated heterocycles. The van der Waals surface area contributed by atoms with Gasteiger partial charge >= 0.3 is 12.1 Å². The number of benzene rings is 2. The van der Waals surface area contributed by atoms with Crippen LogP contribution in [0.5, 0.6) is 5.75 Å². The summed E-state index contributed by atoms with van der Waals surface area (Å²) >= 11 is 0. The van der Waals surface area contributed by atoms with Crippen molar-refractivity contribution < 1.29 is 27.8 Å². The molecular formula is C27H28F3NO3. The number of aliphatic carboxylic acids is 1. The number of hydrogen-bond donors (Lipinski definition) is 1. The number of aromatic nitrogens is 1. The van der Waals surface area contributed by atoms with Crippen molar-refractivity contribution in [3.8, 4) is 17.0 Å². The molecule has 0 aliphatic heterocycles. The Bertz CT molecular complexity index is 1110. The number of ether oxygens (including phenoxy) is 1. The van der Waals surface area contributed by atoms with Crippen molar-refractivity contribution in [2.75, 3.05) is 0 Å². The first-order valence-electron chi connectivity index (χ1n) is 11.3. The number of pyridine rings is 1. The van der Waals surface area contributed by atoms with Gasteiger partial charge in [-0.3, -0.25) is 4.79 Å². The van der Waals surface area contributed by atoms with Crippen LogP contribution in [0.2, 0.25) is 0 Å². The molecule has 4 nitrogen and oxygen atoms in total. The Kier molecular flexibility index (Phi) is 8.31. The summed E-state index contributed by atoms with van der Waals surface area (Å²) in [6.07, 6.45) is -1.54. The van der Waals surface area contributed by atoms with Gasteiger partial charge in [-0.25, -0.2) is 4.98 Å². The van der Waals surface area contributed by atoms with Crippen LogP contribution in [0.1, 0.15) is 61.1 Å². The van der Waals surface area contributed by atoms with E-state index in [1.165, 1.54) is 12.1 Å². The molecule has 0 aliphatic carbocycles. The Morgan fingerprint density at radius 1 is 1.09 bits per heavy atom. The Morgan fingerprint density at radius 3 is 2.44 bits per heavy atom. The van der Waals surface area contributed by atoms with Crippen molar-refractivity contribution in [1.82, 2.24) is 4.98 Å².